The molecule has 2 nitrogen and oxygen atoms in total. The molecule has 4 heteroatoms. The monoisotopic (exact) mass is 300 g/mol. The first kappa shape index (κ1) is 16.1. The van der Waals surface area contributed by atoms with Gasteiger partial charge in [0.2, 0.25) is 0 Å². The second kappa shape index (κ2) is 6.50. The molecule has 0 aromatic rings. The van der Waals surface area contributed by atoms with Crippen molar-refractivity contribution < 1.29 is 9.53 Å². The highest BCUT2D eigenvalue weighted by Gasteiger charge is 2.25. The number of ether oxygens (including phenoxy) is 1. The average Bonchev–Trinajstić information content (AvgIpc) is 2.28. The van der Waals surface area contributed by atoms with Gasteiger partial charge in [0.1, 0.15) is 11.5 Å². The first-order valence-electron chi connectivity index (χ1n) is 6.15. The van der Waals surface area contributed by atoms with Gasteiger partial charge in [-0.3, -0.25) is 4.79 Å². The van der Waals surface area contributed by atoms with Crippen molar-refractivity contribution in [3.63, 3.8) is 0 Å². The number of halogens is 2. The van der Waals surface area contributed by atoms with E-state index >= 15 is 0 Å². The molecule has 19 heavy (non-hydrogen) atoms. The molecule has 0 saturated heterocycles. The van der Waals surface area contributed by atoms with Crippen molar-refractivity contribution in [2.24, 2.45) is 5.92 Å². The van der Waals surface area contributed by atoms with Crippen LogP contribution in [0.15, 0.2) is 21.7 Å². The largest absolute Gasteiger partial charge is 0.459 e. The van der Waals surface area contributed by atoms with Gasteiger partial charge in [-0.05, 0) is 46.1 Å². The number of hydrogen-bond donors (Lipinski definition) is 0. The molecule has 0 aromatic heterocycles. The summed E-state index contributed by atoms with van der Waals surface area (Å²) in [6.45, 7) is 5.45. The average molecular weight is 301 g/mol. The van der Waals surface area contributed by atoms with E-state index in [-0.39, 0.29) is 5.97 Å². The highest BCUT2D eigenvalue weighted by atomic mass is 35.5. The summed E-state index contributed by atoms with van der Waals surface area (Å²) in [5.74, 6) is 1.55. The Labute approximate surface area is 124 Å². The maximum absolute atomic E-state index is 11.9. The zero-order valence-electron chi connectivity index (χ0n) is 11.4. The number of allylic oxidation sites excluding steroid dienone is 4. The number of carbonyl (C=O) groups is 1. The van der Waals surface area contributed by atoms with Crippen LogP contribution < -0.4 is 0 Å². The number of hydrogen-bond acceptors (Lipinski definition) is 2. The maximum atomic E-state index is 11.9. The summed E-state index contributed by atoms with van der Waals surface area (Å²) < 4.78 is 5.30. The fraction of sp³-hybridized carbons (Fsp3) is 0.533. The SMILES string of the molecule is C#CC(CC1=CC(Cl)=C(Cl)CC1)C(=O)OC(C)(C)C. The van der Waals surface area contributed by atoms with Crippen LogP contribution in [0, 0.1) is 18.3 Å². The summed E-state index contributed by atoms with van der Waals surface area (Å²) in [7, 11) is 0. The van der Waals surface area contributed by atoms with Crippen LogP contribution in [0.5, 0.6) is 0 Å². The second-order valence-electron chi connectivity index (χ2n) is 5.51. The Bertz CT molecular complexity index is 462. The molecule has 0 aromatic carbocycles. The Morgan fingerprint density at radius 3 is 2.58 bits per heavy atom. The summed E-state index contributed by atoms with van der Waals surface area (Å²) >= 11 is 11.9. The molecule has 1 aliphatic rings. The van der Waals surface area contributed by atoms with Gasteiger partial charge >= 0.3 is 5.97 Å². The van der Waals surface area contributed by atoms with E-state index in [2.05, 4.69) is 5.92 Å². The van der Waals surface area contributed by atoms with Gasteiger partial charge in [0.15, 0.2) is 0 Å². The van der Waals surface area contributed by atoms with E-state index in [0.29, 0.717) is 22.9 Å². The number of rotatable bonds is 3. The normalized spacial score (nSPS) is 17.6. The Hall–Kier alpha value is -0.910. The smallest absolute Gasteiger partial charge is 0.321 e. The van der Waals surface area contributed by atoms with Gasteiger partial charge in [0.25, 0.3) is 0 Å². The predicted molar refractivity (Wildman–Crippen MR) is 78.8 cm³/mol. The van der Waals surface area contributed by atoms with Crippen molar-refractivity contribution in [1.29, 1.82) is 0 Å². The molecule has 0 N–H and O–H groups in total. The van der Waals surface area contributed by atoms with Crippen molar-refractivity contribution in [2.75, 3.05) is 0 Å². The molecule has 104 valence electrons. The number of esters is 1. The highest BCUT2D eigenvalue weighted by Crippen LogP contribution is 2.32. The molecule has 0 fully saturated rings. The van der Waals surface area contributed by atoms with Crippen LogP contribution in [-0.2, 0) is 9.53 Å². The maximum Gasteiger partial charge on any atom is 0.321 e. The fourth-order valence-corrected chi connectivity index (χ4v) is 2.12. The van der Waals surface area contributed by atoms with Crippen LogP contribution in [0.1, 0.15) is 40.0 Å². The van der Waals surface area contributed by atoms with Crippen molar-refractivity contribution in [3.8, 4) is 12.3 Å². The van der Waals surface area contributed by atoms with Crippen LogP contribution in [0.2, 0.25) is 0 Å². The standard InChI is InChI=1S/C15H18Cl2O2/c1-5-11(14(18)19-15(2,3)4)8-10-6-7-12(16)13(17)9-10/h1,9,11H,6-8H2,2-4H3. The predicted octanol–water partition coefficient (Wildman–Crippen LogP) is 4.38. The number of terminal acetylenes is 1. The molecule has 1 aliphatic carbocycles. The first-order valence-corrected chi connectivity index (χ1v) is 6.91. The summed E-state index contributed by atoms with van der Waals surface area (Å²) in [4.78, 5) is 11.9. The quantitative estimate of drug-likeness (QED) is 0.571. The Balaban J connectivity index is 2.72. The molecular formula is C15H18Cl2O2. The summed E-state index contributed by atoms with van der Waals surface area (Å²) in [5, 5.41) is 1.18. The van der Waals surface area contributed by atoms with Crippen molar-refractivity contribution in [2.45, 2.75) is 45.6 Å². The summed E-state index contributed by atoms with van der Waals surface area (Å²) in [5.41, 5.74) is 0.497. The van der Waals surface area contributed by atoms with Gasteiger partial charge in [-0.2, -0.15) is 0 Å². The molecular weight excluding hydrogens is 283 g/mol. The van der Waals surface area contributed by atoms with Crippen LogP contribution in [0.4, 0.5) is 0 Å². The minimum atomic E-state index is -0.577. The van der Waals surface area contributed by atoms with E-state index in [9.17, 15) is 4.79 Å². The lowest BCUT2D eigenvalue weighted by Crippen LogP contribution is -2.28. The Morgan fingerprint density at radius 1 is 1.47 bits per heavy atom. The first-order chi connectivity index (χ1) is 8.73. The lowest BCUT2D eigenvalue weighted by Gasteiger charge is -2.23. The number of carbonyl (C=O) groups excluding carboxylic acids is 1. The van der Waals surface area contributed by atoms with Gasteiger partial charge in [-0.1, -0.05) is 34.7 Å². The van der Waals surface area contributed by atoms with Crippen LogP contribution in [-0.4, -0.2) is 11.6 Å². The molecule has 0 radical (unpaired) electrons. The molecule has 0 heterocycles. The van der Waals surface area contributed by atoms with Crippen LogP contribution in [0.25, 0.3) is 0 Å². The van der Waals surface area contributed by atoms with E-state index in [1.165, 1.54) is 0 Å². The lowest BCUT2D eigenvalue weighted by atomic mass is 9.94. The minimum Gasteiger partial charge on any atom is -0.459 e. The molecule has 0 bridgehead atoms. The van der Waals surface area contributed by atoms with Gasteiger partial charge in [-0.15, -0.1) is 6.42 Å². The molecule has 1 atom stereocenters. The molecule has 0 aliphatic heterocycles. The van der Waals surface area contributed by atoms with E-state index < -0.39 is 11.5 Å². The minimum absolute atomic E-state index is 0.368. The third-order valence-electron chi connectivity index (χ3n) is 2.61. The molecule has 1 unspecified atom stereocenters. The van der Waals surface area contributed by atoms with Crippen molar-refractivity contribution in [3.05, 3.63) is 21.7 Å². The fourth-order valence-electron chi connectivity index (χ4n) is 1.73. The lowest BCUT2D eigenvalue weighted by molar-refractivity contribution is -0.157. The van der Waals surface area contributed by atoms with E-state index in [1.807, 2.05) is 20.8 Å². The molecule has 0 saturated carbocycles. The van der Waals surface area contributed by atoms with Crippen LogP contribution in [0.3, 0.4) is 0 Å². The summed E-state index contributed by atoms with van der Waals surface area (Å²) in [6.07, 6.45) is 9.15. The topological polar surface area (TPSA) is 26.3 Å². The second-order valence-corrected chi connectivity index (χ2v) is 6.38. The summed E-state index contributed by atoms with van der Waals surface area (Å²) in [6, 6.07) is 0. The molecule has 0 amide bonds. The van der Waals surface area contributed by atoms with E-state index in [0.717, 1.165) is 12.0 Å². The zero-order valence-corrected chi connectivity index (χ0v) is 12.9. The zero-order chi connectivity index (χ0) is 14.6. The van der Waals surface area contributed by atoms with E-state index in [1.54, 1.807) is 6.08 Å². The van der Waals surface area contributed by atoms with Gasteiger partial charge < -0.3 is 4.74 Å². The third kappa shape index (κ3) is 5.30. The molecule has 1 rings (SSSR count). The van der Waals surface area contributed by atoms with Crippen LogP contribution >= 0.6 is 23.2 Å². The van der Waals surface area contributed by atoms with E-state index in [4.69, 9.17) is 34.4 Å². The third-order valence-corrected chi connectivity index (χ3v) is 3.44. The van der Waals surface area contributed by atoms with Crippen molar-refractivity contribution >= 4 is 29.2 Å². The van der Waals surface area contributed by atoms with Gasteiger partial charge in [0.05, 0.1) is 5.03 Å². The Kier molecular flexibility index (Phi) is 5.52. The highest BCUT2D eigenvalue weighted by molar-refractivity contribution is 6.40. The van der Waals surface area contributed by atoms with Crippen molar-refractivity contribution in [1.82, 2.24) is 0 Å². The van der Waals surface area contributed by atoms with Gasteiger partial charge in [0, 0.05) is 5.03 Å². The Morgan fingerprint density at radius 2 is 2.11 bits per heavy atom. The van der Waals surface area contributed by atoms with Gasteiger partial charge in [-0.25, -0.2) is 0 Å². The molecule has 0 spiro atoms.